The molecular formula is C30H26N2O4. The van der Waals surface area contributed by atoms with Crippen LogP contribution in [0.25, 0.3) is 22.4 Å². The highest BCUT2D eigenvalue weighted by Gasteiger charge is 2.29. The highest BCUT2D eigenvalue weighted by atomic mass is 16.6. The third-order valence-electron chi connectivity index (χ3n) is 6.25. The summed E-state index contributed by atoms with van der Waals surface area (Å²) in [5, 5.41) is 2.69. The first-order valence-electron chi connectivity index (χ1n) is 11.9. The Labute approximate surface area is 209 Å². The summed E-state index contributed by atoms with van der Waals surface area (Å²) in [6.45, 7) is 3.87. The SMILES string of the molecule is CCC(=O)Oc1ccc(-c2cccc(C)c2)nc1NC(=O)OCC1c2ccccc2-c2ccccc21. The van der Waals surface area contributed by atoms with E-state index in [2.05, 4.69) is 34.6 Å². The molecule has 1 aromatic heterocycles. The number of aryl methyl sites for hydroxylation is 1. The Balaban J connectivity index is 1.37. The van der Waals surface area contributed by atoms with Crippen molar-refractivity contribution in [3.8, 4) is 28.1 Å². The molecule has 3 aromatic carbocycles. The third kappa shape index (κ3) is 4.70. The molecule has 6 nitrogen and oxygen atoms in total. The molecule has 0 saturated heterocycles. The Morgan fingerprint density at radius 1 is 0.889 bits per heavy atom. The smallest absolute Gasteiger partial charge is 0.412 e. The van der Waals surface area contributed by atoms with Crippen molar-refractivity contribution < 1.29 is 19.1 Å². The van der Waals surface area contributed by atoms with Crippen LogP contribution in [0.15, 0.2) is 84.9 Å². The number of anilines is 1. The number of carbonyl (C=O) groups is 2. The number of aromatic nitrogens is 1. The summed E-state index contributed by atoms with van der Waals surface area (Å²) in [7, 11) is 0. The minimum atomic E-state index is -0.667. The molecule has 1 aliphatic rings. The molecule has 5 rings (SSSR count). The van der Waals surface area contributed by atoms with Crippen molar-refractivity contribution in [1.29, 1.82) is 0 Å². The van der Waals surface area contributed by atoms with Gasteiger partial charge in [0.25, 0.3) is 0 Å². The Hall–Kier alpha value is -4.45. The summed E-state index contributed by atoms with van der Waals surface area (Å²) < 4.78 is 11.1. The van der Waals surface area contributed by atoms with Gasteiger partial charge < -0.3 is 9.47 Å². The molecule has 0 unspecified atom stereocenters. The van der Waals surface area contributed by atoms with Crippen LogP contribution in [0, 0.1) is 6.92 Å². The van der Waals surface area contributed by atoms with Gasteiger partial charge in [0.2, 0.25) is 0 Å². The number of ether oxygens (including phenoxy) is 2. The van der Waals surface area contributed by atoms with Gasteiger partial charge in [0.05, 0.1) is 5.69 Å². The Bertz CT molecular complexity index is 1400. The van der Waals surface area contributed by atoms with Crippen molar-refractivity contribution in [3.63, 3.8) is 0 Å². The normalized spacial score (nSPS) is 11.9. The average Bonchev–Trinajstić information content (AvgIpc) is 3.22. The number of amides is 1. The highest BCUT2D eigenvalue weighted by Crippen LogP contribution is 2.44. The summed E-state index contributed by atoms with van der Waals surface area (Å²) in [5.74, 6) is -0.178. The number of pyridine rings is 1. The monoisotopic (exact) mass is 478 g/mol. The van der Waals surface area contributed by atoms with E-state index in [0.29, 0.717) is 5.69 Å². The molecule has 180 valence electrons. The summed E-state index contributed by atoms with van der Waals surface area (Å²) in [4.78, 5) is 29.4. The van der Waals surface area contributed by atoms with Crippen molar-refractivity contribution in [1.82, 2.24) is 4.98 Å². The van der Waals surface area contributed by atoms with Gasteiger partial charge in [-0.25, -0.2) is 9.78 Å². The zero-order valence-corrected chi connectivity index (χ0v) is 20.2. The van der Waals surface area contributed by atoms with Gasteiger partial charge in [-0.3, -0.25) is 10.1 Å². The number of hydrogen-bond acceptors (Lipinski definition) is 5. The zero-order valence-electron chi connectivity index (χ0n) is 20.2. The van der Waals surface area contributed by atoms with Crippen molar-refractivity contribution in [3.05, 3.63) is 102 Å². The average molecular weight is 479 g/mol. The first-order chi connectivity index (χ1) is 17.5. The number of hydrogen-bond donors (Lipinski definition) is 1. The van der Waals surface area contributed by atoms with E-state index in [1.165, 1.54) is 0 Å². The molecule has 1 amide bonds. The number of nitrogens with one attached hydrogen (secondary N) is 1. The molecule has 6 heteroatoms. The maximum Gasteiger partial charge on any atom is 0.412 e. The first kappa shape index (κ1) is 23.3. The van der Waals surface area contributed by atoms with Gasteiger partial charge in [-0.05, 0) is 47.4 Å². The molecule has 0 radical (unpaired) electrons. The van der Waals surface area contributed by atoms with E-state index in [4.69, 9.17) is 9.47 Å². The highest BCUT2D eigenvalue weighted by molar-refractivity contribution is 5.87. The second-order valence-corrected chi connectivity index (χ2v) is 8.69. The molecule has 0 saturated carbocycles. The minimum Gasteiger partial charge on any atom is -0.448 e. The van der Waals surface area contributed by atoms with Crippen molar-refractivity contribution in [2.24, 2.45) is 0 Å². The van der Waals surface area contributed by atoms with Crippen LogP contribution in [-0.4, -0.2) is 23.7 Å². The molecule has 0 atom stereocenters. The van der Waals surface area contributed by atoms with E-state index in [9.17, 15) is 9.59 Å². The van der Waals surface area contributed by atoms with E-state index >= 15 is 0 Å². The molecule has 0 spiro atoms. The van der Waals surface area contributed by atoms with Crippen LogP contribution in [0.1, 0.15) is 36.0 Å². The fourth-order valence-electron chi connectivity index (χ4n) is 4.51. The lowest BCUT2D eigenvalue weighted by Crippen LogP contribution is -2.19. The fourth-order valence-corrected chi connectivity index (χ4v) is 4.51. The Morgan fingerprint density at radius 3 is 2.25 bits per heavy atom. The topological polar surface area (TPSA) is 77.5 Å². The van der Waals surface area contributed by atoms with Crippen molar-refractivity contribution >= 4 is 17.9 Å². The Morgan fingerprint density at radius 2 is 1.58 bits per heavy atom. The van der Waals surface area contributed by atoms with Gasteiger partial charge in [0.15, 0.2) is 11.6 Å². The fraction of sp³-hybridized carbons (Fsp3) is 0.167. The molecule has 36 heavy (non-hydrogen) atoms. The molecule has 0 fully saturated rings. The van der Waals surface area contributed by atoms with Crippen LogP contribution in [0.5, 0.6) is 5.75 Å². The first-order valence-corrected chi connectivity index (χ1v) is 11.9. The molecule has 1 N–H and O–H groups in total. The lowest BCUT2D eigenvalue weighted by Gasteiger charge is -2.16. The molecule has 1 aliphatic carbocycles. The van der Waals surface area contributed by atoms with Crippen LogP contribution < -0.4 is 10.1 Å². The van der Waals surface area contributed by atoms with Crippen molar-refractivity contribution in [2.75, 3.05) is 11.9 Å². The summed E-state index contributed by atoms with van der Waals surface area (Å²) in [5.41, 5.74) is 7.18. The number of benzene rings is 3. The van der Waals surface area contributed by atoms with Gasteiger partial charge in [0, 0.05) is 17.9 Å². The molecular weight excluding hydrogens is 452 g/mol. The molecule has 4 aromatic rings. The van der Waals surface area contributed by atoms with Gasteiger partial charge in [-0.15, -0.1) is 0 Å². The van der Waals surface area contributed by atoms with Crippen LogP contribution >= 0.6 is 0 Å². The number of rotatable bonds is 6. The number of fused-ring (bicyclic) bond motifs is 3. The second-order valence-electron chi connectivity index (χ2n) is 8.69. The number of nitrogens with zero attached hydrogens (tertiary/aromatic N) is 1. The molecule has 0 bridgehead atoms. The van der Waals surface area contributed by atoms with Crippen molar-refractivity contribution in [2.45, 2.75) is 26.2 Å². The molecule has 0 aliphatic heterocycles. The quantitative estimate of drug-likeness (QED) is 0.311. The van der Waals surface area contributed by atoms with E-state index < -0.39 is 12.1 Å². The lowest BCUT2D eigenvalue weighted by atomic mass is 9.98. The zero-order chi connectivity index (χ0) is 25.1. The van der Waals surface area contributed by atoms with E-state index in [1.807, 2.05) is 55.5 Å². The maximum atomic E-state index is 12.9. The Kier molecular flexibility index (Phi) is 6.50. The lowest BCUT2D eigenvalue weighted by molar-refractivity contribution is -0.134. The number of esters is 1. The van der Waals surface area contributed by atoms with Gasteiger partial charge in [-0.2, -0.15) is 0 Å². The molecule has 1 heterocycles. The van der Waals surface area contributed by atoms with Crippen LogP contribution in [0.3, 0.4) is 0 Å². The van der Waals surface area contributed by atoms with Crippen LogP contribution in [0.4, 0.5) is 10.6 Å². The third-order valence-corrected chi connectivity index (χ3v) is 6.25. The van der Waals surface area contributed by atoms with Gasteiger partial charge in [0.1, 0.15) is 6.61 Å². The van der Waals surface area contributed by atoms with Crippen LogP contribution in [0.2, 0.25) is 0 Å². The largest absolute Gasteiger partial charge is 0.448 e. The van der Waals surface area contributed by atoms with Gasteiger partial charge >= 0.3 is 12.1 Å². The number of carbonyl (C=O) groups excluding carboxylic acids is 2. The summed E-state index contributed by atoms with van der Waals surface area (Å²) in [6.07, 6.45) is -0.469. The van der Waals surface area contributed by atoms with Crippen LogP contribution in [-0.2, 0) is 9.53 Å². The predicted molar refractivity (Wildman–Crippen MR) is 139 cm³/mol. The standard InChI is InChI=1S/C30H26N2O4/c1-3-28(33)36-27-16-15-26(20-10-8-9-19(2)17-20)31-29(27)32-30(34)35-18-25-23-13-6-4-11-21(23)22-12-5-7-14-24(22)25/h4-17,25H,3,18H2,1-2H3,(H,31,32,34). The minimum absolute atomic E-state index is 0.0628. The van der Waals surface area contributed by atoms with Gasteiger partial charge in [-0.1, -0.05) is 79.2 Å². The van der Waals surface area contributed by atoms with E-state index in [-0.39, 0.29) is 30.5 Å². The predicted octanol–water partition coefficient (Wildman–Crippen LogP) is 6.73. The second kappa shape index (κ2) is 10.0. The summed E-state index contributed by atoms with van der Waals surface area (Å²) in [6, 6.07) is 27.6. The van der Waals surface area contributed by atoms with E-state index in [1.54, 1.807) is 19.1 Å². The summed E-state index contributed by atoms with van der Waals surface area (Å²) >= 11 is 0. The maximum absolute atomic E-state index is 12.9. The van der Waals surface area contributed by atoms with E-state index in [0.717, 1.165) is 33.4 Å².